The molecule has 1 N–H and O–H groups in total. The summed E-state index contributed by atoms with van der Waals surface area (Å²) in [4.78, 5) is 4.46. The molecule has 3 nitrogen and oxygen atoms in total. The Morgan fingerprint density at radius 3 is 2.94 bits per heavy atom. The molecule has 0 unspecified atom stereocenters. The molecule has 1 heterocycles. The van der Waals surface area contributed by atoms with Gasteiger partial charge in [-0.3, -0.25) is 4.57 Å². The van der Waals surface area contributed by atoms with Crippen molar-refractivity contribution in [2.45, 2.75) is 25.8 Å². The van der Waals surface area contributed by atoms with Crippen LogP contribution in [0.15, 0.2) is 24.4 Å². The van der Waals surface area contributed by atoms with Crippen molar-refractivity contribution in [3.63, 3.8) is 0 Å². The van der Waals surface area contributed by atoms with Gasteiger partial charge in [0, 0.05) is 12.2 Å². The lowest BCUT2D eigenvalue weighted by atomic mass is 10.3. The summed E-state index contributed by atoms with van der Waals surface area (Å²) in [5.41, 5.74) is 1.76. The van der Waals surface area contributed by atoms with E-state index < -0.39 is 0 Å². The third-order valence-electron chi connectivity index (χ3n) is 2.93. The molecule has 1 aliphatic rings. The lowest BCUT2D eigenvalue weighted by Gasteiger charge is -2.11. The molecule has 2 aromatic rings. The Bertz CT molecular complexity index is 590. The van der Waals surface area contributed by atoms with Crippen LogP contribution >= 0.6 is 22.6 Å². The van der Waals surface area contributed by atoms with E-state index in [1.165, 1.54) is 18.9 Å². The number of hydrogen-bond acceptors (Lipinski definition) is 2. The first kappa shape index (κ1) is 12.0. The molecule has 0 amide bonds. The Morgan fingerprint density at radius 1 is 1.44 bits per heavy atom. The van der Waals surface area contributed by atoms with Gasteiger partial charge in [-0.2, -0.15) is 0 Å². The highest BCUT2D eigenvalue weighted by Crippen LogP contribution is 2.28. The number of benzene rings is 1. The van der Waals surface area contributed by atoms with Gasteiger partial charge in [0.2, 0.25) is 5.95 Å². The number of hydrogen-bond donors (Lipinski definition) is 1. The molecule has 0 radical (unpaired) electrons. The highest BCUT2D eigenvalue weighted by molar-refractivity contribution is 14.1. The quantitative estimate of drug-likeness (QED) is 0.853. The maximum atomic E-state index is 13.6. The van der Waals surface area contributed by atoms with Crippen molar-refractivity contribution in [3.8, 4) is 5.69 Å². The number of halogens is 2. The molecule has 94 valence electrons. The first-order valence-corrected chi connectivity index (χ1v) is 7.00. The van der Waals surface area contributed by atoms with Gasteiger partial charge in [0.25, 0.3) is 0 Å². The predicted octanol–water partition coefficient (Wildman–Crippen LogP) is 3.50. The maximum Gasteiger partial charge on any atom is 0.207 e. The van der Waals surface area contributed by atoms with Crippen molar-refractivity contribution in [2.24, 2.45) is 0 Å². The second-order valence-corrected chi connectivity index (χ2v) is 5.65. The van der Waals surface area contributed by atoms with E-state index in [9.17, 15) is 4.39 Å². The van der Waals surface area contributed by atoms with E-state index >= 15 is 0 Å². The van der Waals surface area contributed by atoms with Crippen LogP contribution < -0.4 is 5.32 Å². The molecule has 3 rings (SSSR count). The SMILES string of the molecule is Cc1cn(-c2cccc(F)c2I)c(NC2CC2)n1. The Labute approximate surface area is 119 Å². The van der Waals surface area contributed by atoms with Gasteiger partial charge in [0.15, 0.2) is 0 Å². The van der Waals surface area contributed by atoms with Crippen LogP contribution in [0.2, 0.25) is 0 Å². The van der Waals surface area contributed by atoms with Gasteiger partial charge in [-0.25, -0.2) is 9.37 Å². The Balaban J connectivity index is 2.06. The van der Waals surface area contributed by atoms with E-state index in [0.29, 0.717) is 9.61 Å². The molecular formula is C13H13FIN3. The van der Waals surface area contributed by atoms with Crippen molar-refractivity contribution in [2.75, 3.05) is 5.32 Å². The fraction of sp³-hybridized carbons (Fsp3) is 0.308. The van der Waals surface area contributed by atoms with Crippen LogP contribution in [0.3, 0.4) is 0 Å². The van der Waals surface area contributed by atoms with E-state index in [-0.39, 0.29) is 5.82 Å². The number of aryl methyl sites for hydroxylation is 1. The van der Waals surface area contributed by atoms with Crippen LogP contribution in [-0.2, 0) is 0 Å². The Kier molecular flexibility index (Phi) is 3.01. The minimum Gasteiger partial charge on any atom is -0.353 e. The topological polar surface area (TPSA) is 29.9 Å². The molecule has 0 atom stereocenters. The van der Waals surface area contributed by atoms with Crippen LogP contribution in [0.5, 0.6) is 0 Å². The van der Waals surface area contributed by atoms with Crippen LogP contribution in [0, 0.1) is 16.3 Å². The Morgan fingerprint density at radius 2 is 2.22 bits per heavy atom. The van der Waals surface area contributed by atoms with Gasteiger partial charge in [0.1, 0.15) is 5.82 Å². The standard InChI is InChI=1S/C13H13FIN3/c1-8-7-18(13(16-8)17-9-5-6-9)11-4-2-3-10(14)12(11)15/h2-4,7,9H,5-6H2,1H3,(H,16,17). The number of rotatable bonds is 3. The number of imidazole rings is 1. The fourth-order valence-corrected chi connectivity index (χ4v) is 2.49. The number of anilines is 1. The number of nitrogens with zero attached hydrogens (tertiary/aromatic N) is 2. The largest absolute Gasteiger partial charge is 0.353 e. The van der Waals surface area contributed by atoms with Gasteiger partial charge < -0.3 is 5.32 Å². The zero-order valence-electron chi connectivity index (χ0n) is 9.95. The second-order valence-electron chi connectivity index (χ2n) is 4.57. The summed E-state index contributed by atoms with van der Waals surface area (Å²) in [5.74, 6) is 0.607. The van der Waals surface area contributed by atoms with Crippen LogP contribution in [0.1, 0.15) is 18.5 Å². The zero-order valence-corrected chi connectivity index (χ0v) is 12.1. The molecule has 0 spiro atoms. The van der Waals surface area contributed by atoms with Gasteiger partial charge in [-0.05, 0) is 54.5 Å². The summed E-state index contributed by atoms with van der Waals surface area (Å²) in [5, 5.41) is 3.38. The smallest absolute Gasteiger partial charge is 0.207 e. The first-order valence-electron chi connectivity index (χ1n) is 5.92. The molecule has 18 heavy (non-hydrogen) atoms. The highest BCUT2D eigenvalue weighted by atomic mass is 127. The summed E-state index contributed by atoms with van der Waals surface area (Å²) >= 11 is 2.03. The van der Waals surface area contributed by atoms with Gasteiger partial charge >= 0.3 is 0 Å². The van der Waals surface area contributed by atoms with Gasteiger partial charge in [0.05, 0.1) is 15.0 Å². The van der Waals surface area contributed by atoms with Crippen molar-refractivity contribution in [1.82, 2.24) is 9.55 Å². The van der Waals surface area contributed by atoms with E-state index in [4.69, 9.17) is 0 Å². The third-order valence-corrected chi connectivity index (χ3v) is 4.00. The number of nitrogens with one attached hydrogen (secondary N) is 1. The summed E-state index contributed by atoms with van der Waals surface area (Å²) in [7, 11) is 0. The van der Waals surface area contributed by atoms with Crippen molar-refractivity contribution < 1.29 is 4.39 Å². The Hall–Kier alpha value is -1.11. The average Bonchev–Trinajstić information content (AvgIpc) is 3.06. The molecule has 1 aromatic heterocycles. The molecule has 1 fully saturated rings. The predicted molar refractivity (Wildman–Crippen MR) is 77.6 cm³/mol. The van der Waals surface area contributed by atoms with Crippen LogP contribution in [0.25, 0.3) is 5.69 Å². The van der Waals surface area contributed by atoms with Crippen LogP contribution in [-0.4, -0.2) is 15.6 Å². The summed E-state index contributed by atoms with van der Waals surface area (Å²) < 4.78 is 16.2. The minimum absolute atomic E-state index is 0.197. The molecule has 0 saturated heterocycles. The van der Waals surface area contributed by atoms with Gasteiger partial charge in [-0.15, -0.1) is 0 Å². The van der Waals surface area contributed by atoms with E-state index in [0.717, 1.165) is 17.3 Å². The third kappa shape index (κ3) is 2.23. The lowest BCUT2D eigenvalue weighted by Crippen LogP contribution is -2.08. The minimum atomic E-state index is -0.197. The zero-order chi connectivity index (χ0) is 12.7. The molecule has 1 saturated carbocycles. The second kappa shape index (κ2) is 4.53. The van der Waals surface area contributed by atoms with E-state index in [1.807, 2.05) is 46.3 Å². The van der Waals surface area contributed by atoms with Crippen LogP contribution in [0.4, 0.5) is 10.3 Å². The fourth-order valence-electron chi connectivity index (χ4n) is 1.87. The molecular weight excluding hydrogens is 344 g/mol. The normalized spacial score (nSPS) is 14.8. The maximum absolute atomic E-state index is 13.6. The van der Waals surface area contributed by atoms with E-state index in [1.54, 1.807) is 6.07 Å². The molecule has 0 aliphatic heterocycles. The van der Waals surface area contributed by atoms with Crippen molar-refractivity contribution in [1.29, 1.82) is 0 Å². The first-order chi connectivity index (χ1) is 8.65. The average molecular weight is 357 g/mol. The van der Waals surface area contributed by atoms with E-state index in [2.05, 4.69) is 10.3 Å². The molecule has 0 bridgehead atoms. The summed E-state index contributed by atoms with van der Waals surface area (Å²) in [6.45, 7) is 1.95. The van der Waals surface area contributed by atoms with Gasteiger partial charge in [-0.1, -0.05) is 6.07 Å². The van der Waals surface area contributed by atoms with Crippen molar-refractivity contribution >= 4 is 28.5 Å². The molecule has 5 heteroatoms. The summed E-state index contributed by atoms with van der Waals surface area (Å²) in [6, 6.07) is 5.63. The highest BCUT2D eigenvalue weighted by Gasteiger charge is 2.23. The molecule has 1 aliphatic carbocycles. The van der Waals surface area contributed by atoms with Crippen molar-refractivity contribution in [3.05, 3.63) is 39.5 Å². The summed E-state index contributed by atoms with van der Waals surface area (Å²) in [6.07, 6.45) is 4.31. The number of aromatic nitrogens is 2. The monoisotopic (exact) mass is 357 g/mol. The molecule has 1 aromatic carbocycles. The lowest BCUT2D eigenvalue weighted by molar-refractivity contribution is 0.619.